The molecule has 2 atom stereocenters. The topological polar surface area (TPSA) is 91.3 Å². The summed E-state index contributed by atoms with van der Waals surface area (Å²) < 4.78 is 46.0. The first-order valence-electron chi connectivity index (χ1n) is 8.23. The Balaban J connectivity index is 1.85. The van der Waals surface area contributed by atoms with Gasteiger partial charge in [-0.15, -0.1) is 0 Å². The number of phosphoric acid groups is 2. The van der Waals surface area contributed by atoms with Crippen LogP contribution in [0, 0.1) is 6.92 Å². The van der Waals surface area contributed by atoms with Crippen LogP contribution < -0.4 is 13.6 Å². The third kappa shape index (κ3) is 5.98. The largest absolute Gasteiger partial charge is 0.597 e. The van der Waals surface area contributed by atoms with Gasteiger partial charge in [0.25, 0.3) is 0 Å². The van der Waals surface area contributed by atoms with Crippen molar-refractivity contribution in [1.29, 1.82) is 0 Å². The molecule has 0 fully saturated rings. The first-order chi connectivity index (χ1) is 13.3. The number of aryl methyl sites for hydroxylation is 1. The van der Waals surface area contributed by atoms with Gasteiger partial charge >= 0.3 is 15.6 Å². The molecule has 3 rings (SSSR count). The van der Waals surface area contributed by atoms with Crippen LogP contribution in [0.4, 0.5) is 0 Å². The fourth-order valence-corrected chi connectivity index (χ4v) is 4.74. The van der Waals surface area contributed by atoms with Gasteiger partial charge in [0.05, 0.1) is 0 Å². The molecule has 2 unspecified atom stereocenters. The second-order valence-electron chi connectivity index (χ2n) is 5.71. The van der Waals surface area contributed by atoms with Crippen molar-refractivity contribution in [3.05, 3.63) is 90.5 Å². The Morgan fingerprint density at radius 2 is 1.07 bits per heavy atom. The molecule has 0 aromatic heterocycles. The van der Waals surface area contributed by atoms with Crippen molar-refractivity contribution < 1.29 is 31.9 Å². The molecular formula is C19H18O7P2. The first kappa shape index (κ1) is 20.2. The lowest BCUT2D eigenvalue weighted by molar-refractivity contribution is 0.238. The zero-order valence-corrected chi connectivity index (χ0v) is 16.7. The minimum atomic E-state index is -4.83. The minimum Gasteiger partial charge on any atom is -0.404 e. The lowest BCUT2D eigenvalue weighted by Crippen LogP contribution is -2.06. The summed E-state index contributed by atoms with van der Waals surface area (Å²) in [4.78, 5) is 10.1. The third-order valence-electron chi connectivity index (χ3n) is 3.37. The van der Waals surface area contributed by atoms with Gasteiger partial charge in [0.15, 0.2) is 0 Å². The molecule has 0 bridgehead atoms. The molecule has 3 aromatic rings. The second-order valence-corrected chi connectivity index (χ2v) is 8.74. The van der Waals surface area contributed by atoms with Gasteiger partial charge in [0.2, 0.25) is 0 Å². The fraction of sp³-hybridized carbons (Fsp3) is 0.0526. The van der Waals surface area contributed by atoms with E-state index >= 15 is 0 Å². The highest BCUT2D eigenvalue weighted by Gasteiger charge is 2.42. The normalized spacial score (nSPS) is 15.1. The molecule has 146 valence electrons. The highest BCUT2D eigenvalue weighted by atomic mass is 31.3. The molecule has 0 spiro atoms. The number of hydrogen-bond acceptors (Lipinski definition) is 6. The Kier molecular flexibility index (Phi) is 6.22. The quantitative estimate of drug-likeness (QED) is 0.464. The number of rotatable bonds is 8. The van der Waals surface area contributed by atoms with E-state index < -0.39 is 15.6 Å². The summed E-state index contributed by atoms with van der Waals surface area (Å²) in [6, 6.07) is 22.4. The predicted molar refractivity (Wildman–Crippen MR) is 104 cm³/mol. The van der Waals surface area contributed by atoms with Crippen LogP contribution in [-0.4, -0.2) is 4.89 Å². The van der Waals surface area contributed by atoms with E-state index in [4.69, 9.17) is 17.9 Å². The molecule has 3 aromatic carbocycles. The van der Waals surface area contributed by atoms with Crippen LogP contribution in [0.15, 0.2) is 84.9 Å². The molecular weight excluding hydrogens is 402 g/mol. The van der Waals surface area contributed by atoms with Gasteiger partial charge in [0.1, 0.15) is 17.2 Å². The van der Waals surface area contributed by atoms with Gasteiger partial charge in [0, 0.05) is 0 Å². The maximum absolute atomic E-state index is 13.2. The van der Waals surface area contributed by atoms with E-state index in [-0.39, 0.29) is 17.2 Å². The van der Waals surface area contributed by atoms with E-state index in [1.165, 1.54) is 24.3 Å². The van der Waals surface area contributed by atoms with Gasteiger partial charge in [-0.3, -0.25) is 4.89 Å². The predicted octanol–water partition coefficient (Wildman–Crippen LogP) is 5.76. The fourth-order valence-electron chi connectivity index (χ4n) is 2.15. The Morgan fingerprint density at radius 3 is 1.57 bits per heavy atom. The summed E-state index contributed by atoms with van der Waals surface area (Å²) in [5, 5.41) is 0. The second kappa shape index (κ2) is 8.63. The Labute approximate surface area is 162 Å². The molecule has 0 saturated heterocycles. The molecule has 0 aliphatic heterocycles. The van der Waals surface area contributed by atoms with E-state index in [0.29, 0.717) is 0 Å². The van der Waals surface area contributed by atoms with Crippen molar-refractivity contribution in [2.24, 2.45) is 0 Å². The third-order valence-corrected chi connectivity index (χ3v) is 6.30. The van der Waals surface area contributed by atoms with E-state index in [1.807, 2.05) is 6.92 Å². The van der Waals surface area contributed by atoms with Crippen LogP contribution in [0.25, 0.3) is 0 Å². The maximum Gasteiger partial charge on any atom is 0.597 e. The number of benzene rings is 3. The summed E-state index contributed by atoms with van der Waals surface area (Å²) in [6.45, 7) is 1.87. The molecule has 0 radical (unpaired) electrons. The summed E-state index contributed by atoms with van der Waals surface area (Å²) in [6.07, 6.45) is 0. The first-order valence-corrected chi connectivity index (χ1v) is 11.2. The van der Waals surface area contributed by atoms with Crippen LogP contribution >= 0.6 is 15.6 Å². The molecule has 9 heteroatoms. The van der Waals surface area contributed by atoms with Crippen molar-refractivity contribution in [3.63, 3.8) is 0 Å². The monoisotopic (exact) mass is 420 g/mol. The summed E-state index contributed by atoms with van der Waals surface area (Å²) in [7, 11) is -9.41. The van der Waals surface area contributed by atoms with Crippen LogP contribution in [-0.2, 0) is 13.4 Å². The average molecular weight is 420 g/mol. The standard InChI is InChI=1S/C19H18O7P2/c1-16-12-14-19(15-13-16)25-28(22,24-18-10-6-3-7-11-18)26-27(20,21)23-17-8-4-2-5-9-17/h2-15H,1H3,(H,20,21). The minimum absolute atomic E-state index is 0.0648. The molecule has 0 aliphatic carbocycles. The molecule has 0 amide bonds. The van der Waals surface area contributed by atoms with Gasteiger partial charge < -0.3 is 13.6 Å². The highest BCUT2D eigenvalue weighted by molar-refractivity contribution is 7.62. The van der Waals surface area contributed by atoms with E-state index in [1.54, 1.807) is 60.7 Å². The number of hydrogen-bond donors (Lipinski definition) is 1. The number of phosphoric ester groups is 2. The molecule has 0 aliphatic rings. The smallest absolute Gasteiger partial charge is 0.404 e. The molecule has 7 nitrogen and oxygen atoms in total. The summed E-state index contributed by atoms with van der Waals surface area (Å²) >= 11 is 0. The van der Waals surface area contributed by atoms with Crippen molar-refractivity contribution in [3.8, 4) is 17.2 Å². The lowest BCUT2D eigenvalue weighted by atomic mass is 10.2. The van der Waals surface area contributed by atoms with Crippen LogP contribution in [0.2, 0.25) is 0 Å². The Bertz CT molecular complexity index is 992. The number of para-hydroxylation sites is 2. The summed E-state index contributed by atoms with van der Waals surface area (Å²) in [5.41, 5.74) is 0.951. The molecule has 28 heavy (non-hydrogen) atoms. The molecule has 1 N–H and O–H groups in total. The van der Waals surface area contributed by atoms with Gasteiger partial charge in [-0.25, -0.2) is 9.13 Å². The Morgan fingerprint density at radius 1 is 0.643 bits per heavy atom. The zero-order chi connectivity index (χ0) is 20.0. The van der Waals surface area contributed by atoms with Crippen LogP contribution in [0.1, 0.15) is 5.56 Å². The molecule has 0 saturated carbocycles. The highest BCUT2D eigenvalue weighted by Crippen LogP contribution is 2.62. The van der Waals surface area contributed by atoms with Crippen molar-refractivity contribution >= 4 is 15.6 Å². The van der Waals surface area contributed by atoms with Crippen molar-refractivity contribution in [2.75, 3.05) is 0 Å². The van der Waals surface area contributed by atoms with E-state index in [2.05, 4.69) is 0 Å². The Hall–Kier alpha value is -2.56. The molecule has 0 heterocycles. The summed E-state index contributed by atoms with van der Waals surface area (Å²) in [5.74, 6) is 0.345. The van der Waals surface area contributed by atoms with Crippen LogP contribution in [0.3, 0.4) is 0 Å². The van der Waals surface area contributed by atoms with Gasteiger partial charge in [-0.1, -0.05) is 54.1 Å². The van der Waals surface area contributed by atoms with Crippen LogP contribution in [0.5, 0.6) is 17.2 Å². The van der Waals surface area contributed by atoms with Gasteiger partial charge in [-0.05, 0) is 43.3 Å². The van der Waals surface area contributed by atoms with E-state index in [9.17, 15) is 14.0 Å². The SMILES string of the molecule is Cc1ccc(OP(=O)(Oc2ccccc2)OP(=O)(O)Oc2ccccc2)cc1. The maximum atomic E-state index is 13.2. The van der Waals surface area contributed by atoms with Crippen molar-refractivity contribution in [1.82, 2.24) is 0 Å². The lowest BCUT2D eigenvalue weighted by Gasteiger charge is -2.21. The average Bonchev–Trinajstić information content (AvgIpc) is 2.64. The van der Waals surface area contributed by atoms with E-state index in [0.717, 1.165) is 5.56 Å². The van der Waals surface area contributed by atoms with Crippen molar-refractivity contribution in [2.45, 2.75) is 6.92 Å². The van der Waals surface area contributed by atoms with Gasteiger partial charge in [-0.2, -0.15) is 4.31 Å². The zero-order valence-electron chi connectivity index (χ0n) is 14.9.